The zero-order chi connectivity index (χ0) is 58.0. The third-order valence-electron chi connectivity index (χ3n) is 12.8. The summed E-state index contributed by atoms with van der Waals surface area (Å²) in [4.78, 5) is 104. The third-order valence-corrected chi connectivity index (χ3v) is 12.8. The van der Waals surface area contributed by atoms with E-state index in [0.717, 1.165) is 11.1 Å². The molecule has 2 fully saturated rings. The number of carboxylic acids is 1. The quantitative estimate of drug-likeness (QED) is 0.140. The molecule has 428 valence electrons. The van der Waals surface area contributed by atoms with Crippen molar-refractivity contribution >= 4 is 47.9 Å². The lowest BCUT2D eigenvalue weighted by Gasteiger charge is -2.34. The van der Waals surface area contributed by atoms with E-state index in [4.69, 9.17) is 14.6 Å². The zero-order valence-electron chi connectivity index (χ0n) is 47.1. The van der Waals surface area contributed by atoms with E-state index in [-0.39, 0.29) is 86.4 Å². The molecule has 21 nitrogen and oxygen atoms in total. The molecule has 2 aromatic rings. The van der Waals surface area contributed by atoms with Crippen molar-refractivity contribution in [2.75, 3.05) is 39.4 Å². The number of benzene rings is 2. The number of likely N-dealkylation sites (tertiary alicyclic amines) is 1. The van der Waals surface area contributed by atoms with Crippen LogP contribution in [-0.2, 0) is 54.8 Å². The highest BCUT2D eigenvalue weighted by molar-refractivity contribution is 5.89. The van der Waals surface area contributed by atoms with Crippen LogP contribution in [0.25, 0.3) is 0 Å². The van der Waals surface area contributed by atoms with E-state index in [1.54, 1.807) is 57.7 Å². The molecule has 4 aliphatic heterocycles. The van der Waals surface area contributed by atoms with Gasteiger partial charge < -0.3 is 66.5 Å². The number of carbonyl (C=O) groups excluding carboxylic acids is 7. The van der Waals surface area contributed by atoms with Crippen LogP contribution in [-0.4, -0.2) is 142 Å². The van der Waals surface area contributed by atoms with Gasteiger partial charge in [-0.25, -0.2) is 32.8 Å². The van der Waals surface area contributed by atoms with E-state index in [9.17, 15) is 47.1 Å². The average Bonchev–Trinajstić information content (AvgIpc) is 4.13. The number of esters is 2. The van der Waals surface area contributed by atoms with Gasteiger partial charge in [-0.15, -0.1) is 0 Å². The van der Waals surface area contributed by atoms with Crippen LogP contribution < -0.4 is 37.2 Å². The number of aliphatic carboxylic acids is 1. The highest BCUT2D eigenvalue weighted by atomic mass is 19.1. The number of ether oxygens (including phenoxy) is 2. The SMILES string of the molecule is CC(C)(C)NC(=O)N[C@H](C(=O)O)C(C)(C)C.CCOC(=O)[C@H]1CN(C(=O)[C@@H](NC(=O)NC(C)(C)C)C(C)(C)C)C[C@@H]1NC(=O)N1Cc2cccc(F)c2C1.CCOC(=O)[C@H]1CNC[C@@H]1NC(=O)N1Cc2cccc(F)c2C1. The summed E-state index contributed by atoms with van der Waals surface area (Å²) in [5.41, 5.74) is 0.565. The van der Waals surface area contributed by atoms with Crippen molar-refractivity contribution in [1.29, 1.82) is 0 Å². The summed E-state index contributed by atoms with van der Waals surface area (Å²) in [5, 5.41) is 28.6. The van der Waals surface area contributed by atoms with Gasteiger partial charge in [0.15, 0.2) is 0 Å². The van der Waals surface area contributed by atoms with Gasteiger partial charge in [-0.3, -0.25) is 14.4 Å². The Kier molecular flexibility index (Phi) is 21.2. The Labute approximate surface area is 451 Å². The Morgan fingerprint density at radius 2 is 1.03 bits per heavy atom. The maximum absolute atomic E-state index is 14.2. The molecule has 4 aliphatic rings. The molecule has 0 bridgehead atoms. The number of nitrogens with zero attached hydrogens (tertiary/aromatic N) is 3. The first kappa shape index (κ1) is 62.8. The third kappa shape index (κ3) is 18.2. The van der Waals surface area contributed by atoms with Crippen LogP contribution in [0.3, 0.4) is 0 Å². The van der Waals surface area contributed by atoms with Crippen molar-refractivity contribution in [2.45, 2.75) is 158 Å². The number of urea groups is 4. The minimum atomic E-state index is -1.03. The number of hydrogen-bond donors (Lipinski definition) is 8. The molecule has 0 aromatic heterocycles. The first-order valence-corrected chi connectivity index (χ1v) is 26.0. The molecule has 6 rings (SSSR count). The molecule has 2 aromatic carbocycles. The molecule has 0 unspecified atom stereocenters. The van der Waals surface area contributed by atoms with Crippen LogP contribution in [0, 0.1) is 34.3 Å². The first-order chi connectivity index (χ1) is 35.6. The summed E-state index contributed by atoms with van der Waals surface area (Å²) < 4.78 is 38.2. The number of amides is 9. The van der Waals surface area contributed by atoms with Crippen molar-refractivity contribution < 1.29 is 61.7 Å². The Balaban J connectivity index is 0.000000278. The van der Waals surface area contributed by atoms with Crippen molar-refractivity contribution in [3.8, 4) is 0 Å². The van der Waals surface area contributed by atoms with Crippen molar-refractivity contribution in [3.05, 3.63) is 70.3 Å². The standard InChI is InChI=1S/C27H40FN5O5.C16H20FN3O3.C11H22N2O3/c1-8-38-23(35)18-14-32(22(34)21(26(2,3)4)30-24(36)31-27(5,6)7)15-20(18)29-25(37)33-12-16-10-9-11-19(28)17(16)13-33;1-2-23-15(21)11-6-18-7-14(11)19-16(22)20-8-10-4-3-5-13(17)12(10)9-20;1-10(2,3)7(8(14)15)12-9(16)13-11(4,5)6/h9-11,18,20-21H,8,12-15H2,1-7H3,(H,29,37)(H2,30,31,36);3-5,11,14,18H,2,6-9H2,1H3,(H,19,22);7H,1-6H3,(H,14,15)(H2,12,13,16)/t18-,20-,21+;11-,14-;7-/m001/s1. The number of rotatable bonds is 10. The molecular weight excluding hydrogens is 1000 g/mol. The molecule has 6 atom stereocenters. The maximum Gasteiger partial charge on any atom is 0.326 e. The fraction of sp³-hybridized carbons (Fsp3) is 0.630. The van der Waals surface area contributed by atoms with E-state index >= 15 is 0 Å². The second kappa shape index (κ2) is 26.0. The van der Waals surface area contributed by atoms with Gasteiger partial charge in [0.2, 0.25) is 5.91 Å². The van der Waals surface area contributed by atoms with Gasteiger partial charge >= 0.3 is 42.0 Å². The summed E-state index contributed by atoms with van der Waals surface area (Å²) in [7, 11) is 0. The predicted molar refractivity (Wildman–Crippen MR) is 283 cm³/mol. The van der Waals surface area contributed by atoms with Crippen molar-refractivity contribution in [1.82, 2.24) is 51.9 Å². The molecule has 23 heteroatoms. The summed E-state index contributed by atoms with van der Waals surface area (Å²) >= 11 is 0. The summed E-state index contributed by atoms with van der Waals surface area (Å²) in [6.45, 7) is 27.9. The number of carboxylic acid groups (broad SMARTS) is 1. The number of hydrogen-bond acceptors (Lipinski definition) is 11. The van der Waals surface area contributed by atoms with Crippen LogP contribution in [0.15, 0.2) is 36.4 Å². The van der Waals surface area contributed by atoms with Gasteiger partial charge in [0.1, 0.15) is 23.7 Å². The monoisotopic (exact) mass is 1080 g/mol. The fourth-order valence-corrected chi connectivity index (χ4v) is 8.99. The highest BCUT2D eigenvalue weighted by Gasteiger charge is 2.46. The summed E-state index contributed by atoms with van der Waals surface area (Å²) in [5.74, 6) is -4.04. The summed E-state index contributed by atoms with van der Waals surface area (Å²) in [6, 6.07) is 5.13. The van der Waals surface area contributed by atoms with E-state index in [1.165, 1.54) is 21.9 Å². The second-order valence-electron chi connectivity index (χ2n) is 23.8. The van der Waals surface area contributed by atoms with Gasteiger partial charge in [-0.05, 0) is 89.5 Å². The zero-order valence-corrected chi connectivity index (χ0v) is 47.1. The van der Waals surface area contributed by atoms with Gasteiger partial charge in [0.05, 0.1) is 50.2 Å². The molecule has 0 saturated carbocycles. The highest BCUT2D eigenvalue weighted by Crippen LogP contribution is 2.29. The molecule has 0 spiro atoms. The minimum absolute atomic E-state index is 0.0343. The van der Waals surface area contributed by atoms with Gasteiger partial charge in [0, 0.05) is 61.5 Å². The van der Waals surface area contributed by atoms with Gasteiger partial charge in [-0.2, -0.15) is 0 Å². The fourth-order valence-electron chi connectivity index (χ4n) is 8.99. The molecule has 0 radical (unpaired) electrons. The Morgan fingerprint density at radius 3 is 1.43 bits per heavy atom. The van der Waals surface area contributed by atoms with E-state index in [0.29, 0.717) is 37.4 Å². The Morgan fingerprint density at radius 1 is 0.597 bits per heavy atom. The predicted octanol–water partition coefficient (Wildman–Crippen LogP) is 5.34. The van der Waals surface area contributed by atoms with Crippen LogP contribution in [0.5, 0.6) is 0 Å². The molecule has 2 saturated heterocycles. The lowest BCUT2D eigenvalue weighted by atomic mass is 9.86. The number of fused-ring (bicyclic) bond motifs is 2. The molecule has 4 heterocycles. The molecular formula is C54H82F2N10O11. The van der Waals surface area contributed by atoms with Crippen LogP contribution in [0.1, 0.15) is 119 Å². The number of carbonyl (C=O) groups is 8. The van der Waals surface area contributed by atoms with E-state index in [2.05, 4.69) is 37.2 Å². The molecule has 9 amide bonds. The molecule has 77 heavy (non-hydrogen) atoms. The number of nitrogens with one attached hydrogen (secondary N) is 7. The summed E-state index contributed by atoms with van der Waals surface area (Å²) in [6.07, 6.45) is 0. The van der Waals surface area contributed by atoms with E-state index < -0.39 is 70.4 Å². The smallest absolute Gasteiger partial charge is 0.326 e. The van der Waals surface area contributed by atoms with E-state index in [1.807, 2.05) is 68.4 Å². The van der Waals surface area contributed by atoms with Crippen molar-refractivity contribution in [3.63, 3.8) is 0 Å². The molecule has 0 aliphatic carbocycles. The Bertz CT molecular complexity index is 2470. The second-order valence-corrected chi connectivity index (χ2v) is 23.8. The normalized spacial score (nSPS) is 19.6. The first-order valence-electron chi connectivity index (χ1n) is 26.0. The maximum atomic E-state index is 14.2. The molecule has 8 N–H and O–H groups in total. The lowest BCUT2D eigenvalue weighted by molar-refractivity contribution is -0.149. The van der Waals surface area contributed by atoms with Crippen molar-refractivity contribution in [2.24, 2.45) is 22.7 Å². The topological polar surface area (TPSA) is 269 Å². The van der Waals surface area contributed by atoms with Crippen LogP contribution >= 0.6 is 0 Å². The largest absolute Gasteiger partial charge is 0.480 e. The van der Waals surface area contributed by atoms with Crippen LogP contribution in [0.2, 0.25) is 0 Å². The average molecular weight is 1090 g/mol. The Hall–Kier alpha value is -6.78. The number of halogens is 2. The lowest BCUT2D eigenvalue weighted by Crippen LogP contribution is -2.58. The van der Waals surface area contributed by atoms with Crippen LogP contribution in [0.4, 0.5) is 28.0 Å². The van der Waals surface area contributed by atoms with Gasteiger partial charge in [-0.1, -0.05) is 65.8 Å². The minimum Gasteiger partial charge on any atom is -0.480 e. The van der Waals surface area contributed by atoms with Gasteiger partial charge in [0.25, 0.3) is 0 Å².